The van der Waals surface area contributed by atoms with E-state index in [2.05, 4.69) is 20.8 Å². The van der Waals surface area contributed by atoms with Gasteiger partial charge in [0.1, 0.15) is 5.82 Å². The monoisotopic (exact) mass is 274 g/mol. The number of nitrogens with zero attached hydrogens (tertiary/aromatic N) is 1. The van der Waals surface area contributed by atoms with Crippen LogP contribution in [-0.2, 0) is 13.0 Å². The van der Waals surface area contributed by atoms with E-state index in [9.17, 15) is 9.18 Å². The quantitative estimate of drug-likeness (QED) is 0.781. The summed E-state index contributed by atoms with van der Waals surface area (Å²) in [5, 5.41) is 12.3. The smallest absolute Gasteiger partial charge is 0.276 e. The van der Waals surface area contributed by atoms with E-state index in [1.54, 1.807) is 19.1 Å². The van der Waals surface area contributed by atoms with E-state index in [0.29, 0.717) is 18.5 Å². The lowest BCUT2D eigenvalue weighted by atomic mass is 9.99. The molecule has 3 rings (SSSR count). The summed E-state index contributed by atoms with van der Waals surface area (Å²) in [4.78, 5) is 12.0. The zero-order valence-corrected chi connectivity index (χ0v) is 11.1. The van der Waals surface area contributed by atoms with Crippen molar-refractivity contribution < 1.29 is 9.18 Å². The predicted molar refractivity (Wildman–Crippen MR) is 73.1 cm³/mol. The average Bonchev–Trinajstić information content (AvgIpc) is 2.89. The number of aryl methyl sites for hydroxylation is 1. The highest BCUT2D eigenvalue weighted by Crippen LogP contribution is 2.24. The largest absolute Gasteiger partial charge is 0.318 e. The summed E-state index contributed by atoms with van der Waals surface area (Å²) in [6.07, 6.45) is 0.631. The third kappa shape index (κ3) is 2.30. The van der Waals surface area contributed by atoms with Crippen molar-refractivity contribution in [2.75, 3.05) is 11.9 Å². The molecule has 2 heterocycles. The minimum atomic E-state index is -0.415. The summed E-state index contributed by atoms with van der Waals surface area (Å²) in [5.74, 6) is -0.758. The van der Waals surface area contributed by atoms with E-state index in [1.807, 2.05) is 6.07 Å². The fourth-order valence-corrected chi connectivity index (χ4v) is 2.35. The third-order valence-corrected chi connectivity index (χ3v) is 3.39. The molecule has 5 nitrogen and oxygen atoms in total. The summed E-state index contributed by atoms with van der Waals surface area (Å²) < 4.78 is 14.4. The molecule has 20 heavy (non-hydrogen) atoms. The Morgan fingerprint density at radius 3 is 3.05 bits per heavy atom. The second kappa shape index (κ2) is 5.05. The van der Waals surface area contributed by atoms with Crippen molar-refractivity contribution in [3.63, 3.8) is 0 Å². The molecule has 104 valence electrons. The normalized spacial score (nSPS) is 13.9. The topological polar surface area (TPSA) is 69.8 Å². The standard InChI is InChI=1S/C14H15FN4O/c1-8-6-12(19-18-8)14(20)17-11-3-2-9-7-16-5-4-10(9)13(11)15/h2-3,6,16H,4-5,7H2,1H3,(H,17,20)(H,18,19). The molecule has 0 fully saturated rings. The molecular weight excluding hydrogens is 259 g/mol. The average molecular weight is 274 g/mol. The van der Waals surface area contributed by atoms with Crippen molar-refractivity contribution in [1.82, 2.24) is 15.5 Å². The lowest BCUT2D eigenvalue weighted by molar-refractivity contribution is 0.102. The van der Waals surface area contributed by atoms with Crippen LogP contribution in [0.25, 0.3) is 0 Å². The van der Waals surface area contributed by atoms with Crippen LogP contribution in [0.3, 0.4) is 0 Å². The van der Waals surface area contributed by atoms with Crippen LogP contribution in [0.2, 0.25) is 0 Å². The zero-order valence-electron chi connectivity index (χ0n) is 11.1. The lowest BCUT2D eigenvalue weighted by Crippen LogP contribution is -2.25. The summed E-state index contributed by atoms with van der Waals surface area (Å²) in [7, 11) is 0. The fraction of sp³-hybridized carbons (Fsp3) is 0.286. The molecule has 0 radical (unpaired) electrons. The van der Waals surface area contributed by atoms with Gasteiger partial charge in [0.25, 0.3) is 5.91 Å². The highest BCUT2D eigenvalue weighted by Gasteiger charge is 2.18. The molecule has 1 aromatic carbocycles. The first-order valence-electron chi connectivity index (χ1n) is 6.49. The van der Waals surface area contributed by atoms with Crippen molar-refractivity contribution in [2.45, 2.75) is 19.9 Å². The van der Waals surface area contributed by atoms with Crippen LogP contribution in [0.1, 0.15) is 27.3 Å². The highest BCUT2D eigenvalue weighted by atomic mass is 19.1. The Labute approximate surface area is 115 Å². The fourth-order valence-electron chi connectivity index (χ4n) is 2.35. The van der Waals surface area contributed by atoms with Crippen molar-refractivity contribution >= 4 is 11.6 Å². The van der Waals surface area contributed by atoms with Crippen molar-refractivity contribution in [3.8, 4) is 0 Å². The zero-order chi connectivity index (χ0) is 14.1. The van der Waals surface area contributed by atoms with Gasteiger partial charge in [0.15, 0.2) is 5.69 Å². The molecule has 0 atom stereocenters. The molecule has 1 amide bonds. The Bertz CT molecular complexity index is 665. The summed E-state index contributed by atoms with van der Waals surface area (Å²) >= 11 is 0. The summed E-state index contributed by atoms with van der Waals surface area (Å²) in [6, 6.07) is 5.06. The van der Waals surface area contributed by atoms with E-state index >= 15 is 0 Å². The Kier molecular flexibility index (Phi) is 3.23. The SMILES string of the molecule is Cc1cc(C(=O)Nc2ccc3c(c2F)CCNC3)n[nH]1. The maximum atomic E-state index is 14.4. The van der Waals surface area contributed by atoms with Gasteiger partial charge in [-0.15, -0.1) is 0 Å². The summed E-state index contributed by atoms with van der Waals surface area (Å²) in [5.41, 5.74) is 2.87. The first-order chi connectivity index (χ1) is 9.65. The number of H-pyrrole nitrogens is 1. The molecule has 0 aliphatic carbocycles. The molecule has 0 saturated heterocycles. The van der Waals surface area contributed by atoms with Crippen LogP contribution in [0, 0.1) is 12.7 Å². The Balaban J connectivity index is 1.86. The van der Waals surface area contributed by atoms with Crippen LogP contribution < -0.4 is 10.6 Å². The van der Waals surface area contributed by atoms with Gasteiger partial charge >= 0.3 is 0 Å². The Hall–Kier alpha value is -2.21. The number of carbonyl (C=O) groups excluding carboxylic acids is 1. The molecule has 0 unspecified atom stereocenters. The van der Waals surface area contributed by atoms with Gasteiger partial charge in [0.2, 0.25) is 0 Å². The molecule has 1 aliphatic rings. The molecule has 0 saturated carbocycles. The number of hydrogen-bond donors (Lipinski definition) is 3. The van der Waals surface area contributed by atoms with Crippen LogP contribution in [0.15, 0.2) is 18.2 Å². The molecule has 3 N–H and O–H groups in total. The number of anilines is 1. The number of hydrogen-bond acceptors (Lipinski definition) is 3. The molecule has 1 aromatic heterocycles. The van der Waals surface area contributed by atoms with Crippen molar-refractivity contribution in [2.24, 2.45) is 0 Å². The van der Waals surface area contributed by atoms with Crippen molar-refractivity contribution in [1.29, 1.82) is 0 Å². The number of aromatic amines is 1. The van der Waals surface area contributed by atoms with Gasteiger partial charge in [0.05, 0.1) is 5.69 Å². The first-order valence-corrected chi connectivity index (χ1v) is 6.49. The molecule has 0 bridgehead atoms. The molecule has 6 heteroatoms. The number of fused-ring (bicyclic) bond motifs is 1. The number of amides is 1. The molecule has 1 aliphatic heterocycles. The van der Waals surface area contributed by atoms with Crippen LogP contribution in [-0.4, -0.2) is 22.6 Å². The Morgan fingerprint density at radius 2 is 2.30 bits per heavy atom. The minimum Gasteiger partial charge on any atom is -0.318 e. The van der Waals surface area contributed by atoms with Gasteiger partial charge < -0.3 is 10.6 Å². The maximum Gasteiger partial charge on any atom is 0.276 e. The van der Waals surface area contributed by atoms with Gasteiger partial charge in [-0.05, 0) is 43.1 Å². The molecule has 0 spiro atoms. The number of rotatable bonds is 2. The van der Waals surface area contributed by atoms with Gasteiger partial charge in [-0.25, -0.2) is 4.39 Å². The number of benzene rings is 1. The van der Waals surface area contributed by atoms with E-state index in [4.69, 9.17) is 0 Å². The third-order valence-electron chi connectivity index (χ3n) is 3.39. The highest BCUT2D eigenvalue weighted by molar-refractivity contribution is 6.03. The molecule has 2 aromatic rings. The lowest BCUT2D eigenvalue weighted by Gasteiger charge is -2.19. The Morgan fingerprint density at radius 1 is 1.45 bits per heavy atom. The van der Waals surface area contributed by atoms with E-state index in [0.717, 1.165) is 17.8 Å². The number of nitrogens with one attached hydrogen (secondary N) is 3. The number of halogens is 1. The van der Waals surface area contributed by atoms with Gasteiger partial charge in [0, 0.05) is 12.2 Å². The van der Waals surface area contributed by atoms with E-state index in [1.165, 1.54) is 0 Å². The van der Waals surface area contributed by atoms with Crippen LogP contribution in [0.5, 0.6) is 0 Å². The van der Waals surface area contributed by atoms with Gasteiger partial charge in [-0.1, -0.05) is 6.07 Å². The first kappa shape index (κ1) is 12.8. The summed E-state index contributed by atoms with van der Waals surface area (Å²) in [6.45, 7) is 3.22. The predicted octanol–water partition coefficient (Wildman–Crippen LogP) is 1.76. The molecular formula is C14H15FN4O. The number of aromatic nitrogens is 2. The maximum absolute atomic E-state index is 14.4. The minimum absolute atomic E-state index is 0.205. The van der Waals surface area contributed by atoms with Crippen LogP contribution in [0.4, 0.5) is 10.1 Å². The van der Waals surface area contributed by atoms with Gasteiger partial charge in [-0.2, -0.15) is 5.10 Å². The van der Waals surface area contributed by atoms with E-state index in [-0.39, 0.29) is 17.2 Å². The second-order valence-electron chi connectivity index (χ2n) is 4.88. The van der Waals surface area contributed by atoms with Crippen LogP contribution >= 0.6 is 0 Å². The number of carbonyl (C=O) groups is 1. The second-order valence-corrected chi connectivity index (χ2v) is 4.88. The van der Waals surface area contributed by atoms with Crippen molar-refractivity contribution in [3.05, 3.63) is 46.5 Å². The van der Waals surface area contributed by atoms with E-state index < -0.39 is 5.91 Å². The van der Waals surface area contributed by atoms with Gasteiger partial charge in [-0.3, -0.25) is 9.89 Å².